The van der Waals surface area contributed by atoms with Gasteiger partial charge in [0.1, 0.15) is 5.82 Å². The van der Waals surface area contributed by atoms with Crippen LogP contribution in [0.5, 0.6) is 0 Å². The van der Waals surface area contributed by atoms with Gasteiger partial charge in [0.25, 0.3) is 0 Å². The van der Waals surface area contributed by atoms with Crippen molar-refractivity contribution in [2.45, 2.75) is 12.5 Å². The SMILES string of the molecule is NCC[C@H](N)c1ccc(F)c(Br)c1. The number of nitrogens with two attached hydrogens (primary N) is 2. The molecule has 0 unspecified atom stereocenters. The molecule has 0 radical (unpaired) electrons. The van der Waals surface area contributed by atoms with Gasteiger partial charge in [0.15, 0.2) is 0 Å². The monoisotopic (exact) mass is 246 g/mol. The molecule has 2 nitrogen and oxygen atoms in total. The molecule has 1 aromatic carbocycles. The second-order valence-corrected chi connectivity index (χ2v) is 3.71. The van der Waals surface area contributed by atoms with Crippen molar-refractivity contribution in [1.29, 1.82) is 0 Å². The van der Waals surface area contributed by atoms with Crippen molar-refractivity contribution in [3.8, 4) is 0 Å². The van der Waals surface area contributed by atoms with Crippen molar-refractivity contribution in [2.24, 2.45) is 11.5 Å². The van der Waals surface area contributed by atoms with Gasteiger partial charge in [0.05, 0.1) is 4.47 Å². The summed E-state index contributed by atoms with van der Waals surface area (Å²) in [6.07, 6.45) is 0.706. The second kappa shape index (κ2) is 4.69. The van der Waals surface area contributed by atoms with Gasteiger partial charge in [0.2, 0.25) is 0 Å². The van der Waals surface area contributed by atoms with Crippen LogP contribution in [0.3, 0.4) is 0 Å². The molecule has 4 N–H and O–H groups in total. The van der Waals surface area contributed by atoms with Crippen molar-refractivity contribution in [3.63, 3.8) is 0 Å². The highest BCUT2D eigenvalue weighted by molar-refractivity contribution is 9.10. The first-order chi connectivity index (χ1) is 6.15. The van der Waals surface area contributed by atoms with Gasteiger partial charge in [-0.1, -0.05) is 6.07 Å². The maximum Gasteiger partial charge on any atom is 0.137 e. The van der Waals surface area contributed by atoms with Gasteiger partial charge in [-0.3, -0.25) is 0 Å². The molecule has 13 heavy (non-hydrogen) atoms. The van der Waals surface area contributed by atoms with Crippen LogP contribution in [0.1, 0.15) is 18.0 Å². The molecule has 0 aliphatic heterocycles. The molecule has 0 bridgehead atoms. The third kappa shape index (κ3) is 2.76. The van der Waals surface area contributed by atoms with Crippen LogP contribution in [0.25, 0.3) is 0 Å². The Hall–Kier alpha value is -0.450. The highest BCUT2D eigenvalue weighted by Gasteiger charge is 2.07. The van der Waals surface area contributed by atoms with Crippen molar-refractivity contribution in [3.05, 3.63) is 34.1 Å². The summed E-state index contributed by atoms with van der Waals surface area (Å²) in [7, 11) is 0. The summed E-state index contributed by atoms with van der Waals surface area (Å²) in [6.45, 7) is 0.538. The Labute approximate surface area is 85.2 Å². The summed E-state index contributed by atoms with van der Waals surface area (Å²) in [6, 6.07) is 4.66. The highest BCUT2D eigenvalue weighted by Crippen LogP contribution is 2.21. The van der Waals surface area contributed by atoms with E-state index < -0.39 is 0 Å². The molecule has 1 aromatic rings. The molecule has 4 heteroatoms. The van der Waals surface area contributed by atoms with Crippen LogP contribution in [-0.4, -0.2) is 6.54 Å². The average Bonchev–Trinajstić information content (AvgIpc) is 2.10. The number of rotatable bonds is 3. The van der Waals surface area contributed by atoms with Crippen LogP contribution in [0.15, 0.2) is 22.7 Å². The molecule has 0 aliphatic carbocycles. The standard InChI is InChI=1S/C9H12BrFN2/c10-7-5-6(1-2-8(7)11)9(13)3-4-12/h1-2,5,9H,3-4,12-13H2/t9-/m0/s1. The smallest absolute Gasteiger partial charge is 0.137 e. The molecule has 1 rings (SSSR count). The Morgan fingerprint density at radius 1 is 1.46 bits per heavy atom. The lowest BCUT2D eigenvalue weighted by atomic mass is 10.1. The third-order valence-electron chi connectivity index (χ3n) is 1.85. The van der Waals surface area contributed by atoms with E-state index >= 15 is 0 Å². The summed E-state index contributed by atoms with van der Waals surface area (Å²) in [5.74, 6) is -0.274. The maximum absolute atomic E-state index is 12.8. The Bertz CT molecular complexity index is 291. The second-order valence-electron chi connectivity index (χ2n) is 2.86. The van der Waals surface area contributed by atoms with Crippen molar-refractivity contribution in [1.82, 2.24) is 0 Å². The van der Waals surface area contributed by atoms with Crippen molar-refractivity contribution in [2.75, 3.05) is 6.54 Å². The first-order valence-corrected chi connectivity index (χ1v) is 4.85. The Morgan fingerprint density at radius 2 is 2.15 bits per heavy atom. The van der Waals surface area contributed by atoms with E-state index in [2.05, 4.69) is 15.9 Å². The molecule has 0 aliphatic rings. The average molecular weight is 247 g/mol. The predicted octanol–water partition coefficient (Wildman–Crippen LogP) is 1.94. The Balaban J connectivity index is 2.84. The van der Waals surface area contributed by atoms with E-state index in [1.165, 1.54) is 6.07 Å². The molecule has 72 valence electrons. The molecule has 0 amide bonds. The van der Waals surface area contributed by atoms with Crippen LogP contribution in [0.2, 0.25) is 0 Å². The van der Waals surface area contributed by atoms with Gasteiger partial charge in [-0.25, -0.2) is 4.39 Å². The maximum atomic E-state index is 12.8. The predicted molar refractivity (Wildman–Crippen MR) is 54.7 cm³/mol. The summed E-state index contributed by atoms with van der Waals surface area (Å²) < 4.78 is 13.3. The van der Waals surface area contributed by atoms with E-state index in [9.17, 15) is 4.39 Å². The minimum Gasteiger partial charge on any atom is -0.330 e. The lowest BCUT2D eigenvalue weighted by Gasteiger charge is -2.10. The molecule has 0 heterocycles. The van der Waals surface area contributed by atoms with Gasteiger partial charge < -0.3 is 11.5 Å². The number of benzene rings is 1. The largest absolute Gasteiger partial charge is 0.330 e. The van der Waals surface area contributed by atoms with Crippen molar-refractivity contribution < 1.29 is 4.39 Å². The fraction of sp³-hybridized carbons (Fsp3) is 0.333. The summed E-state index contributed by atoms with van der Waals surface area (Å²) >= 11 is 3.10. The van der Waals surface area contributed by atoms with E-state index in [1.54, 1.807) is 12.1 Å². The minimum absolute atomic E-state index is 0.109. The fourth-order valence-electron chi connectivity index (χ4n) is 1.09. The lowest BCUT2D eigenvalue weighted by Crippen LogP contribution is -2.15. The van der Waals surface area contributed by atoms with Gasteiger partial charge in [0, 0.05) is 6.04 Å². The van der Waals surface area contributed by atoms with E-state index in [1.807, 2.05) is 0 Å². The van der Waals surface area contributed by atoms with Gasteiger partial charge >= 0.3 is 0 Å². The zero-order valence-electron chi connectivity index (χ0n) is 7.13. The van der Waals surface area contributed by atoms with Crippen molar-refractivity contribution >= 4 is 15.9 Å². The number of hydrogen-bond donors (Lipinski definition) is 2. The third-order valence-corrected chi connectivity index (χ3v) is 2.46. The fourth-order valence-corrected chi connectivity index (χ4v) is 1.49. The molecular weight excluding hydrogens is 235 g/mol. The van der Waals surface area contributed by atoms with E-state index in [-0.39, 0.29) is 11.9 Å². The molecule has 0 saturated heterocycles. The van der Waals surface area contributed by atoms with Crippen LogP contribution < -0.4 is 11.5 Å². The molecule has 0 spiro atoms. The van der Waals surface area contributed by atoms with Crippen LogP contribution >= 0.6 is 15.9 Å². The molecule has 1 atom stereocenters. The van der Waals surface area contributed by atoms with Gasteiger partial charge in [-0.2, -0.15) is 0 Å². The zero-order chi connectivity index (χ0) is 9.84. The summed E-state index contributed by atoms with van der Waals surface area (Å²) in [5.41, 5.74) is 12.1. The van der Waals surface area contributed by atoms with Crippen LogP contribution in [0.4, 0.5) is 4.39 Å². The Morgan fingerprint density at radius 3 is 2.69 bits per heavy atom. The van der Waals surface area contributed by atoms with Crippen LogP contribution in [-0.2, 0) is 0 Å². The first-order valence-electron chi connectivity index (χ1n) is 4.05. The quantitative estimate of drug-likeness (QED) is 0.857. The van der Waals surface area contributed by atoms with Gasteiger partial charge in [-0.15, -0.1) is 0 Å². The first kappa shape index (κ1) is 10.6. The summed E-state index contributed by atoms with van der Waals surface area (Å²) in [4.78, 5) is 0. The van der Waals surface area contributed by atoms with E-state index in [4.69, 9.17) is 11.5 Å². The lowest BCUT2D eigenvalue weighted by molar-refractivity contribution is 0.614. The molecule has 0 fully saturated rings. The molecule has 0 saturated carbocycles. The normalized spacial score (nSPS) is 12.9. The van der Waals surface area contributed by atoms with Gasteiger partial charge in [-0.05, 0) is 46.6 Å². The minimum atomic E-state index is -0.274. The molecule has 0 aromatic heterocycles. The number of halogens is 2. The van der Waals surface area contributed by atoms with E-state index in [0.29, 0.717) is 17.4 Å². The number of hydrogen-bond acceptors (Lipinski definition) is 2. The zero-order valence-corrected chi connectivity index (χ0v) is 8.72. The molecular formula is C9H12BrFN2. The van der Waals surface area contributed by atoms with E-state index in [0.717, 1.165) is 5.56 Å². The summed E-state index contributed by atoms with van der Waals surface area (Å²) in [5, 5.41) is 0. The topological polar surface area (TPSA) is 52.0 Å². The van der Waals surface area contributed by atoms with Crippen LogP contribution in [0, 0.1) is 5.82 Å². The highest BCUT2D eigenvalue weighted by atomic mass is 79.9. The Kier molecular flexibility index (Phi) is 3.84.